The van der Waals surface area contributed by atoms with Crippen molar-refractivity contribution in [1.29, 1.82) is 0 Å². The highest BCUT2D eigenvalue weighted by atomic mass is 79.9. The molecule has 0 bridgehead atoms. The van der Waals surface area contributed by atoms with E-state index >= 15 is 0 Å². The molecule has 0 atom stereocenters. The van der Waals surface area contributed by atoms with E-state index in [4.69, 9.17) is 9.26 Å². The number of carbonyl (C=O) groups excluding carboxylic acids is 1. The van der Waals surface area contributed by atoms with Crippen LogP contribution in [0.3, 0.4) is 0 Å². The molecule has 0 radical (unpaired) electrons. The van der Waals surface area contributed by atoms with Crippen molar-refractivity contribution < 1.29 is 14.1 Å². The Hall–Kier alpha value is -1.27. The highest BCUT2D eigenvalue weighted by Crippen LogP contribution is 2.43. The lowest BCUT2D eigenvalue weighted by Gasteiger charge is -2.14. The number of thioether (sulfide) groups is 1. The summed E-state index contributed by atoms with van der Waals surface area (Å²) < 4.78 is 12.0. The minimum absolute atomic E-state index is 0.0497. The molecule has 0 N–H and O–H groups in total. The van der Waals surface area contributed by atoms with Crippen LogP contribution in [-0.4, -0.2) is 23.8 Å². The Morgan fingerprint density at radius 3 is 2.87 bits per heavy atom. The molecule has 2 aromatic rings. The van der Waals surface area contributed by atoms with Crippen molar-refractivity contribution in [3.8, 4) is 5.75 Å². The Kier molecular flexibility index (Phi) is 5.11. The van der Waals surface area contributed by atoms with Gasteiger partial charge in [-0.25, -0.2) is 0 Å². The van der Waals surface area contributed by atoms with Gasteiger partial charge < -0.3 is 9.26 Å². The predicted molar refractivity (Wildman–Crippen MR) is 93.6 cm³/mol. The molecule has 122 valence electrons. The number of halogens is 1. The quantitative estimate of drug-likeness (QED) is 0.484. The van der Waals surface area contributed by atoms with Gasteiger partial charge >= 0.3 is 0 Å². The molecule has 23 heavy (non-hydrogen) atoms. The van der Waals surface area contributed by atoms with Gasteiger partial charge in [0.1, 0.15) is 5.75 Å². The highest BCUT2D eigenvalue weighted by Gasteiger charge is 2.33. The Balaban J connectivity index is 2.01. The van der Waals surface area contributed by atoms with Gasteiger partial charge in [-0.15, -0.1) is 11.8 Å². The molecule has 1 heterocycles. The number of ether oxygens (including phenoxy) is 1. The highest BCUT2D eigenvalue weighted by molar-refractivity contribution is 9.10. The summed E-state index contributed by atoms with van der Waals surface area (Å²) in [6.45, 7) is 2.67. The molecular formula is C17H18BrNO3S. The van der Waals surface area contributed by atoms with Gasteiger partial charge in [-0.3, -0.25) is 4.79 Å². The molecule has 6 heteroatoms. The van der Waals surface area contributed by atoms with E-state index in [0.717, 1.165) is 40.1 Å². The van der Waals surface area contributed by atoms with Crippen molar-refractivity contribution in [3.05, 3.63) is 39.7 Å². The molecule has 1 aromatic heterocycles. The van der Waals surface area contributed by atoms with Crippen LogP contribution in [0.15, 0.2) is 32.2 Å². The zero-order chi connectivity index (χ0) is 16.4. The van der Waals surface area contributed by atoms with Gasteiger partial charge in [0.2, 0.25) is 0 Å². The third-order valence-electron chi connectivity index (χ3n) is 3.75. The van der Waals surface area contributed by atoms with Crippen LogP contribution in [-0.2, 0) is 0 Å². The maximum Gasteiger partial charge on any atom is 0.199 e. The third-order valence-corrected chi connectivity index (χ3v) is 5.19. The Labute approximate surface area is 148 Å². The van der Waals surface area contributed by atoms with E-state index in [1.54, 1.807) is 0 Å². The number of ketones is 1. The average Bonchev–Trinajstić information content (AvgIpc) is 3.29. The molecular weight excluding hydrogens is 378 g/mol. The van der Waals surface area contributed by atoms with Gasteiger partial charge in [-0.2, -0.15) is 0 Å². The lowest BCUT2D eigenvalue weighted by molar-refractivity contribution is 0.103. The summed E-state index contributed by atoms with van der Waals surface area (Å²) in [5.74, 6) is 1.75. The first kappa shape index (κ1) is 16.6. The fourth-order valence-electron chi connectivity index (χ4n) is 2.46. The summed E-state index contributed by atoms with van der Waals surface area (Å²) in [6.07, 6.45) is 6.53. The van der Waals surface area contributed by atoms with Gasteiger partial charge in [-0.1, -0.05) is 12.1 Å². The van der Waals surface area contributed by atoms with Crippen LogP contribution in [0.1, 0.15) is 53.8 Å². The SMILES string of the molecule is CCCOc1c(Br)ccc(C(=O)c2cnoc2C2CC2)c1SC. The second-order valence-electron chi connectivity index (χ2n) is 5.51. The van der Waals surface area contributed by atoms with Crippen LogP contribution in [0.25, 0.3) is 0 Å². The molecule has 1 aliphatic carbocycles. The third kappa shape index (κ3) is 3.33. The maximum absolute atomic E-state index is 13.0. The molecule has 0 saturated heterocycles. The molecule has 1 aliphatic rings. The second-order valence-corrected chi connectivity index (χ2v) is 7.18. The summed E-state index contributed by atoms with van der Waals surface area (Å²) in [6, 6.07) is 3.70. The first-order valence-electron chi connectivity index (χ1n) is 7.65. The van der Waals surface area contributed by atoms with Crippen LogP contribution in [0.2, 0.25) is 0 Å². The van der Waals surface area contributed by atoms with Gasteiger partial charge in [0, 0.05) is 11.5 Å². The first-order valence-corrected chi connectivity index (χ1v) is 9.67. The number of carbonyl (C=O) groups is 1. The van der Waals surface area contributed by atoms with E-state index in [9.17, 15) is 4.79 Å². The minimum atomic E-state index is -0.0497. The van der Waals surface area contributed by atoms with Crippen LogP contribution in [0.5, 0.6) is 5.75 Å². The Morgan fingerprint density at radius 2 is 2.22 bits per heavy atom. The topological polar surface area (TPSA) is 52.3 Å². The smallest absolute Gasteiger partial charge is 0.199 e. The fourth-order valence-corrected chi connectivity index (χ4v) is 3.77. The minimum Gasteiger partial charge on any atom is -0.491 e. The second kappa shape index (κ2) is 7.09. The number of hydrogen-bond acceptors (Lipinski definition) is 5. The van der Waals surface area contributed by atoms with Gasteiger partial charge in [0.25, 0.3) is 0 Å². The molecule has 0 amide bonds. The van der Waals surface area contributed by atoms with E-state index in [0.29, 0.717) is 23.7 Å². The normalized spacial score (nSPS) is 14.0. The van der Waals surface area contributed by atoms with Crippen LogP contribution in [0, 0.1) is 0 Å². The fraction of sp³-hybridized carbons (Fsp3) is 0.412. The van der Waals surface area contributed by atoms with Crippen molar-refractivity contribution in [2.24, 2.45) is 0 Å². The van der Waals surface area contributed by atoms with Crippen LogP contribution < -0.4 is 4.74 Å². The molecule has 1 saturated carbocycles. The van der Waals surface area contributed by atoms with Crippen molar-refractivity contribution >= 4 is 33.5 Å². The van der Waals surface area contributed by atoms with E-state index in [1.807, 2.05) is 18.4 Å². The van der Waals surface area contributed by atoms with Crippen molar-refractivity contribution in [2.45, 2.75) is 37.0 Å². The lowest BCUT2D eigenvalue weighted by Crippen LogP contribution is -2.07. The van der Waals surface area contributed by atoms with Crippen molar-refractivity contribution in [3.63, 3.8) is 0 Å². The summed E-state index contributed by atoms with van der Waals surface area (Å²) in [4.78, 5) is 13.8. The van der Waals surface area contributed by atoms with Gasteiger partial charge in [-0.05, 0) is 53.6 Å². The molecule has 1 aromatic carbocycles. The lowest BCUT2D eigenvalue weighted by atomic mass is 10.0. The summed E-state index contributed by atoms with van der Waals surface area (Å²) >= 11 is 5.03. The molecule has 0 aliphatic heterocycles. The van der Waals surface area contributed by atoms with E-state index < -0.39 is 0 Å². The summed E-state index contributed by atoms with van der Waals surface area (Å²) in [7, 11) is 0. The van der Waals surface area contributed by atoms with Gasteiger partial charge in [0.05, 0.1) is 27.7 Å². The van der Waals surface area contributed by atoms with Crippen LogP contribution in [0.4, 0.5) is 0 Å². The zero-order valence-corrected chi connectivity index (χ0v) is 15.5. The maximum atomic E-state index is 13.0. The summed E-state index contributed by atoms with van der Waals surface area (Å²) in [5.41, 5.74) is 1.21. The molecule has 1 fully saturated rings. The first-order chi connectivity index (χ1) is 11.2. The molecule has 0 spiro atoms. The van der Waals surface area contributed by atoms with Crippen molar-refractivity contribution in [2.75, 3.05) is 12.9 Å². The summed E-state index contributed by atoms with van der Waals surface area (Å²) in [5, 5.41) is 3.83. The van der Waals surface area contributed by atoms with Gasteiger partial charge in [0.15, 0.2) is 11.5 Å². The largest absolute Gasteiger partial charge is 0.491 e. The average molecular weight is 396 g/mol. The van der Waals surface area contributed by atoms with E-state index in [2.05, 4.69) is 28.0 Å². The number of rotatable bonds is 7. The number of hydrogen-bond donors (Lipinski definition) is 0. The predicted octanol–water partition coefficient (Wildman–Crippen LogP) is 5.06. The Morgan fingerprint density at radius 1 is 1.43 bits per heavy atom. The molecule has 0 unspecified atom stereocenters. The van der Waals surface area contributed by atoms with E-state index in [-0.39, 0.29) is 5.78 Å². The van der Waals surface area contributed by atoms with E-state index in [1.165, 1.54) is 18.0 Å². The number of aromatic nitrogens is 1. The van der Waals surface area contributed by atoms with Crippen molar-refractivity contribution in [1.82, 2.24) is 5.16 Å². The molecule has 3 rings (SSSR count). The Bertz CT molecular complexity index is 725. The zero-order valence-electron chi connectivity index (χ0n) is 13.1. The monoisotopic (exact) mass is 395 g/mol. The van der Waals surface area contributed by atoms with Crippen LogP contribution >= 0.6 is 27.7 Å². The number of benzene rings is 1. The number of nitrogens with zero attached hydrogens (tertiary/aromatic N) is 1. The standard InChI is InChI=1S/C17H18BrNO3S/c1-3-8-21-16-13(18)7-6-11(17(16)23-2)14(20)12-9-19-22-15(12)10-4-5-10/h6-7,9-10H,3-5,8H2,1-2H3. The molecule has 4 nitrogen and oxygen atoms in total.